The van der Waals surface area contributed by atoms with Crippen LogP contribution in [0, 0.1) is 0 Å². The number of aliphatic imine (C=N–C) groups is 1. The van der Waals surface area contributed by atoms with Crippen LogP contribution in [0.2, 0.25) is 0 Å². The van der Waals surface area contributed by atoms with Gasteiger partial charge in [0.1, 0.15) is 5.75 Å². The van der Waals surface area contributed by atoms with Gasteiger partial charge >= 0.3 is 0 Å². The Bertz CT molecular complexity index is 558. The van der Waals surface area contributed by atoms with Gasteiger partial charge in [0, 0.05) is 5.56 Å². The van der Waals surface area contributed by atoms with Gasteiger partial charge in [-0.05, 0) is 23.8 Å². The number of hydrogen-bond acceptors (Lipinski definition) is 3. The first-order valence-corrected chi connectivity index (χ1v) is 5.16. The smallest absolute Gasteiger partial charge is 0.240 e. The molecule has 2 rings (SSSR count). The summed E-state index contributed by atoms with van der Waals surface area (Å²) in [6.45, 7) is 0. The molecule has 0 fully saturated rings. The van der Waals surface area contributed by atoms with E-state index in [-0.39, 0.29) is 0 Å². The Balaban J connectivity index is 2.60. The molecule has 0 aromatic heterocycles. The van der Waals surface area contributed by atoms with Crippen LogP contribution >= 0.6 is 0 Å². The highest BCUT2D eigenvalue weighted by Crippen LogP contribution is 2.33. The van der Waals surface area contributed by atoms with Crippen molar-refractivity contribution in [1.82, 2.24) is 0 Å². The number of hydrogen-bond donors (Lipinski definition) is 0. The molecule has 0 radical (unpaired) electrons. The molecule has 17 heavy (non-hydrogen) atoms. The van der Waals surface area contributed by atoms with E-state index in [4.69, 9.17) is 4.74 Å². The summed E-state index contributed by atoms with van der Waals surface area (Å²) in [5, 5.41) is 0. The highest BCUT2D eigenvalue weighted by molar-refractivity contribution is 5.78. The zero-order chi connectivity index (χ0) is 12.1. The molecule has 0 saturated heterocycles. The lowest BCUT2D eigenvalue weighted by Crippen LogP contribution is -1.84. The summed E-state index contributed by atoms with van der Waals surface area (Å²) < 4.78 is 5.17. The summed E-state index contributed by atoms with van der Waals surface area (Å²) in [5.74, 6) is 0.730. The summed E-state index contributed by atoms with van der Waals surface area (Å²) in [5.41, 5.74) is 2.43. The van der Waals surface area contributed by atoms with Gasteiger partial charge in [-0.1, -0.05) is 30.3 Å². The predicted molar refractivity (Wildman–Crippen MR) is 66.2 cm³/mol. The lowest BCUT2D eigenvalue weighted by Gasteiger charge is -2.07. The largest absolute Gasteiger partial charge is 0.497 e. The molecule has 0 N–H and O–H groups in total. The Morgan fingerprint density at radius 3 is 2.53 bits per heavy atom. The second-order valence-electron chi connectivity index (χ2n) is 3.45. The van der Waals surface area contributed by atoms with Crippen LogP contribution in [0.15, 0.2) is 53.5 Å². The van der Waals surface area contributed by atoms with Crippen LogP contribution in [0.1, 0.15) is 0 Å². The number of methoxy groups -OCH3 is 1. The van der Waals surface area contributed by atoms with E-state index in [1.54, 1.807) is 25.3 Å². The second kappa shape index (κ2) is 5.10. The van der Waals surface area contributed by atoms with Gasteiger partial charge in [-0.3, -0.25) is 0 Å². The van der Waals surface area contributed by atoms with E-state index in [0.717, 1.165) is 16.9 Å². The average Bonchev–Trinajstić information content (AvgIpc) is 2.40. The molecule has 0 heterocycles. The van der Waals surface area contributed by atoms with Crippen molar-refractivity contribution in [2.75, 3.05) is 7.11 Å². The Hall–Kier alpha value is -2.38. The van der Waals surface area contributed by atoms with Crippen LogP contribution < -0.4 is 4.74 Å². The number of carbonyl (C=O) groups excluding carboxylic acids is 1. The molecule has 0 aliphatic carbocycles. The molecule has 0 aliphatic rings. The minimum atomic E-state index is 0.590. The van der Waals surface area contributed by atoms with Crippen molar-refractivity contribution in [2.45, 2.75) is 0 Å². The first-order chi connectivity index (χ1) is 8.35. The molecular formula is C14H11NO2. The third kappa shape index (κ3) is 2.41. The highest BCUT2D eigenvalue weighted by Gasteiger charge is 2.05. The molecule has 84 valence electrons. The number of ether oxygens (including phenoxy) is 1. The average molecular weight is 225 g/mol. The molecule has 3 nitrogen and oxygen atoms in total. The number of rotatable bonds is 3. The van der Waals surface area contributed by atoms with Crippen molar-refractivity contribution in [1.29, 1.82) is 0 Å². The normalized spacial score (nSPS) is 9.47. The van der Waals surface area contributed by atoms with E-state index in [9.17, 15) is 4.79 Å². The molecule has 0 amide bonds. The van der Waals surface area contributed by atoms with E-state index < -0.39 is 0 Å². The molecule has 0 spiro atoms. The SMILES string of the molecule is COc1ccc(N=C=O)c(-c2ccccc2)c1. The predicted octanol–water partition coefficient (Wildman–Crippen LogP) is 3.33. The van der Waals surface area contributed by atoms with E-state index >= 15 is 0 Å². The lowest BCUT2D eigenvalue weighted by molar-refractivity contribution is 0.415. The van der Waals surface area contributed by atoms with Crippen LogP contribution in [0.3, 0.4) is 0 Å². The summed E-state index contributed by atoms with van der Waals surface area (Å²) in [4.78, 5) is 14.1. The van der Waals surface area contributed by atoms with Gasteiger partial charge in [0.15, 0.2) is 0 Å². The summed E-state index contributed by atoms with van der Waals surface area (Å²) in [7, 11) is 1.60. The monoisotopic (exact) mass is 225 g/mol. The van der Waals surface area contributed by atoms with Crippen LogP contribution in [-0.2, 0) is 4.79 Å². The molecular weight excluding hydrogens is 214 g/mol. The number of benzene rings is 2. The van der Waals surface area contributed by atoms with Gasteiger partial charge < -0.3 is 4.74 Å². The topological polar surface area (TPSA) is 38.7 Å². The second-order valence-corrected chi connectivity index (χ2v) is 3.45. The van der Waals surface area contributed by atoms with E-state index in [0.29, 0.717) is 5.69 Å². The van der Waals surface area contributed by atoms with Crippen molar-refractivity contribution in [3.8, 4) is 16.9 Å². The third-order valence-corrected chi connectivity index (χ3v) is 2.45. The molecule has 0 unspecified atom stereocenters. The van der Waals surface area contributed by atoms with E-state index in [1.807, 2.05) is 36.4 Å². The van der Waals surface area contributed by atoms with Gasteiger partial charge in [-0.2, -0.15) is 4.99 Å². The maximum absolute atomic E-state index is 10.4. The molecule has 0 atom stereocenters. The molecule has 2 aromatic carbocycles. The zero-order valence-electron chi connectivity index (χ0n) is 9.38. The lowest BCUT2D eigenvalue weighted by atomic mass is 10.0. The summed E-state index contributed by atoms with van der Waals surface area (Å²) in [6, 6.07) is 15.1. The van der Waals surface area contributed by atoms with Gasteiger partial charge in [0.2, 0.25) is 6.08 Å². The molecule has 0 aliphatic heterocycles. The van der Waals surface area contributed by atoms with Crippen LogP contribution in [0.25, 0.3) is 11.1 Å². The van der Waals surface area contributed by atoms with Crippen molar-refractivity contribution in [3.63, 3.8) is 0 Å². The quantitative estimate of drug-likeness (QED) is 0.593. The molecule has 3 heteroatoms. The summed E-state index contributed by atoms with van der Waals surface area (Å²) >= 11 is 0. The van der Waals surface area contributed by atoms with Crippen molar-refractivity contribution in [3.05, 3.63) is 48.5 Å². The fourth-order valence-corrected chi connectivity index (χ4v) is 1.64. The third-order valence-electron chi connectivity index (χ3n) is 2.45. The highest BCUT2D eigenvalue weighted by atomic mass is 16.5. The van der Waals surface area contributed by atoms with E-state index in [1.165, 1.54) is 0 Å². The maximum atomic E-state index is 10.4. The van der Waals surface area contributed by atoms with Crippen molar-refractivity contribution >= 4 is 11.8 Å². The molecule has 0 saturated carbocycles. The van der Waals surface area contributed by atoms with Crippen molar-refractivity contribution < 1.29 is 9.53 Å². The van der Waals surface area contributed by atoms with Gasteiger partial charge in [-0.15, -0.1) is 0 Å². The van der Waals surface area contributed by atoms with Crippen LogP contribution in [0.4, 0.5) is 5.69 Å². The Kier molecular flexibility index (Phi) is 3.34. The molecule has 0 bridgehead atoms. The minimum absolute atomic E-state index is 0.590. The standard InChI is InChI=1S/C14H11NO2/c1-17-12-7-8-14(15-10-16)13(9-12)11-5-3-2-4-6-11/h2-9H,1H3. The van der Waals surface area contributed by atoms with E-state index in [2.05, 4.69) is 4.99 Å². The first kappa shape index (κ1) is 11.1. The van der Waals surface area contributed by atoms with Gasteiger partial charge in [0.25, 0.3) is 0 Å². The van der Waals surface area contributed by atoms with Gasteiger partial charge in [-0.25, -0.2) is 4.79 Å². The van der Waals surface area contributed by atoms with Crippen molar-refractivity contribution in [2.24, 2.45) is 4.99 Å². The zero-order valence-corrected chi connectivity index (χ0v) is 9.38. The van der Waals surface area contributed by atoms with Gasteiger partial charge in [0.05, 0.1) is 12.8 Å². The number of nitrogens with zero attached hydrogens (tertiary/aromatic N) is 1. The Morgan fingerprint density at radius 2 is 1.88 bits per heavy atom. The van der Waals surface area contributed by atoms with Crippen LogP contribution in [0.5, 0.6) is 5.75 Å². The number of isocyanates is 1. The first-order valence-electron chi connectivity index (χ1n) is 5.16. The Morgan fingerprint density at radius 1 is 1.12 bits per heavy atom. The maximum Gasteiger partial charge on any atom is 0.240 e. The summed E-state index contributed by atoms with van der Waals surface area (Å²) in [6.07, 6.45) is 1.57. The minimum Gasteiger partial charge on any atom is -0.497 e. The fraction of sp³-hybridized carbons (Fsp3) is 0.0714. The molecule has 2 aromatic rings. The van der Waals surface area contributed by atoms with Crippen LogP contribution in [-0.4, -0.2) is 13.2 Å². The Labute approximate surface area is 99.4 Å². The fourth-order valence-electron chi connectivity index (χ4n) is 1.64.